The van der Waals surface area contributed by atoms with Crippen molar-refractivity contribution in [1.29, 1.82) is 5.26 Å². The molecule has 0 saturated carbocycles. The van der Waals surface area contributed by atoms with E-state index in [0.29, 0.717) is 23.3 Å². The van der Waals surface area contributed by atoms with Gasteiger partial charge in [-0.05, 0) is 54.3 Å². The number of aromatic nitrogens is 2. The van der Waals surface area contributed by atoms with Gasteiger partial charge in [-0.25, -0.2) is 13.8 Å². The summed E-state index contributed by atoms with van der Waals surface area (Å²) in [6.07, 6.45) is 1.87. The third-order valence-corrected chi connectivity index (χ3v) is 6.20. The van der Waals surface area contributed by atoms with Gasteiger partial charge in [0.1, 0.15) is 18.2 Å². The summed E-state index contributed by atoms with van der Waals surface area (Å²) >= 11 is 0. The van der Waals surface area contributed by atoms with Crippen molar-refractivity contribution in [3.8, 4) is 11.8 Å². The Morgan fingerprint density at radius 3 is 2.68 bits per heavy atom. The molecule has 34 heavy (non-hydrogen) atoms. The first-order chi connectivity index (χ1) is 16.5. The molecule has 1 aliphatic rings. The number of allylic oxidation sites excluding steroid dienone is 1. The molecular formula is C28H23F2N3O. The fourth-order valence-corrected chi connectivity index (χ4v) is 4.61. The number of benzene rings is 3. The van der Waals surface area contributed by atoms with Crippen LogP contribution in [-0.4, -0.2) is 9.55 Å². The molecule has 6 heteroatoms. The second kappa shape index (κ2) is 8.75. The Bertz CT molecular complexity index is 1490. The van der Waals surface area contributed by atoms with E-state index in [2.05, 4.69) is 23.6 Å². The molecule has 5 rings (SSSR count). The summed E-state index contributed by atoms with van der Waals surface area (Å²) < 4.78 is 36.2. The fraction of sp³-hybridized carbons (Fsp3) is 0.214. The van der Waals surface area contributed by atoms with Crippen LogP contribution in [0.15, 0.2) is 60.2 Å². The molecule has 2 heterocycles. The van der Waals surface area contributed by atoms with Gasteiger partial charge >= 0.3 is 0 Å². The zero-order chi connectivity index (χ0) is 23.8. The third kappa shape index (κ3) is 3.73. The number of halogens is 2. The standard InChI is InChI=1S/C28H23F2N3O/c1-3-6-27-32-24-7-4-5-8-25(24)33(27)15-18-9-10-20-19(11-18)16-34-26-13-23(30)22(29)12-21(26)28(20)17(2)14-31/h4-5,7-13H,3,6,15-16H2,1-2H3/b28-17+. The molecule has 0 N–H and O–H groups in total. The van der Waals surface area contributed by atoms with Crippen molar-refractivity contribution in [1.82, 2.24) is 9.55 Å². The van der Waals surface area contributed by atoms with Gasteiger partial charge < -0.3 is 9.30 Å². The van der Waals surface area contributed by atoms with Gasteiger partial charge in [0.2, 0.25) is 0 Å². The molecule has 0 amide bonds. The van der Waals surface area contributed by atoms with Crippen LogP contribution in [0.4, 0.5) is 8.78 Å². The summed E-state index contributed by atoms with van der Waals surface area (Å²) in [4.78, 5) is 4.81. The number of para-hydroxylation sites is 2. The highest BCUT2D eigenvalue weighted by molar-refractivity contribution is 5.88. The Hall–Kier alpha value is -3.98. The normalized spacial score (nSPS) is 14.1. The molecule has 0 saturated heterocycles. The highest BCUT2D eigenvalue weighted by atomic mass is 19.2. The number of imidazole rings is 1. The van der Waals surface area contributed by atoms with Gasteiger partial charge in [0, 0.05) is 35.7 Å². The molecule has 1 aromatic heterocycles. The molecule has 0 spiro atoms. The van der Waals surface area contributed by atoms with Crippen LogP contribution in [0.5, 0.6) is 5.75 Å². The molecule has 3 aromatic carbocycles. The van der Waals surface area contributed by atoms with Gasteiger partial charge in [0.25, 0.3) is 0 Å². The van der Waals surface area contributed by atoms with Crippen molar-refractivity contribution in [3.63, 3.8) is 0 Å². The van der Waals surface area contributed by atoms with Crippen LogP contribution < -0.4 is 4.74 Å². The summed E-state index contributed by atoms with van der Waals surface area (Å²) in [6, 6.07) is 18.4. The monoisotopic (exact) mass is 455 g/mol. The van der Waals surface area contributed by atoms with E-state index in [4.69, 9.17) is 9.72 Å². The molecule has 170 valence electrons. The number of rotatable bonds is 4. The van der Waals surface area contributed by atoms with Gasteiger partial charge in [0.15, 0.2) is 11.6 Å². The van der Waals surface area contributed by atoms with Gasteiger partial charge in [-0.15, -0.1) is 0 Å². The Balaban J connectivity index is 1.61. The minimum atomic E-state index is -0.977. The highest BCUT2D eigenvalue weighted by Crippen LogP contribution is 2.40. The van der Waals surface area contributed by atoms with E-state index < -0.39 is 11.6 Å². The number of nitriles is 1. The van der Waals surface area contributed by atoms with Crippen molar-refractivity contribution in [2.75, 3.05) is 0 Å². The van der Waals surface area contributed by atoms with Crippen molar-refractivity contribution in [3.05, 3.63) is 99.9 Å². The molecule has 0 atom stereocenters. The van der Waals surface area contributed by atoms with Crippen LogP contribution in [0.25, 0.3) is 16.6 Å². The van der Waals surface area contributed by atoms with E-state index in [1.165, 1.54) is 0 Å². The van der Waals surface area contributed by atoms with Gasteiger partial charge in [-0.2, -0.15) is 5.26 Å². The molecule has 0 fully saturated rings. The average Bonchev–Trinajstić information content (AvgIpc) is 3.09. The largest absolute Gasteiger partial charge is 0.488 e. The molecule has 0 bridgehead atoms. The Morgan fingerprint density at radius 2 is 1.88 bits per heavy atom. The lowest BCUT2D eigenvalue weighted by Crippen LogP contribution is -2.06. The van der Waals surface area contributed by atoms with E-state index in [1.807, 2.05) is 36.4 Å². The number of fused-ring (bicyclic) bond motifs is 3. The van der Waals surface area contributed by atoms with Crippen LogP contribution in [-0.2, 0) is 19.6 Å². The van der Waals surface area contributed by atoms with Gasteiger partial charge in [-0.3, -0.25) is 0 Å². The minimum Gasteiger partial charge on any atom is -0.488 e. The maximum Gasteiger partial charge on any atom is 0.162 e. The summed E-state index contributed by atoms with van der Waals surface area (Å²) in [5.41, 5.74) is 6.12. The Kier molecular flexibility index (Phi) is 5.62. The van der Waals surface area contributed by atoms with Crippen molar-refractivity contribution in [2.45, 2.75) is 39.8 Å². The highest BCUT2D eigenvalue weighted by Gasteiger charge is 2.24. The smallest absolute Gasteiger partial charge is 0.162 e. The zero-order valence-electron chi connectivity index (χ0n) is 19.0. The molecule has 0 unspecified atom stereocenters. The average molecular weight is 456 g/mol. The first-order valence-corrected chi connectivity index (χ1v) is 11.3. The van der Waals surface area contributed by atoms with Crippen LogP contribution in [0.1, 0.15) is 48.3 Å². The van der Waals surface area contributed by atoms with Crippen molar-refractivity contribution < 1.29 is 13.5 Å². The van der Waals surface area contributed by atoms with Gasteiger partial charge in [0.05, 0.1) is 17.1 Å². The first kappa shape index (κ1) is 21.8. The SMILES string of the molecule is CCCc1nc2ccccc2n1Cc1ccc2c(c1)COc1cc(F)c(F)cc1/C2=C(\C)C#N. The molecular weight excluding hydrogens is 432 g/mol. The third-order valence-electron chi connectivity index (χ3n) is 6.20. The van der Waals surface area contributed by atoms with Crippen LogP contribution in [0.3, 0.4) is 0 Å². The number of ether oxygens (including phenoxy) is 1. The lowest BCUT2D eigenvalue weighted by atomic mass is 9.90. The van der Waals surface area contributed by atoms with E-state index in [-0.39, 0.29) is 12.4 Å². The number of aryl methyl sites for hydroxylation is 1. The molecule has 4 nitrogen and oxygen atoms in total. The van der Waals surface area contributed by atoms with Crippen molar-refractivity contribution >= 4 is 16.6 Å². The molecule has 0 aliphatic carbocycles. The first-order valence-electron chi connectivity index (χ1n) is 11.3. The number of hydrogen-bond donors (Lipinski definition) is 0. The number of hydrogen-bond acceptors (Lipinski definition) is 3. The second-order valence-corrected chi connectivity index (χ2v) is 8.51. The Labute approximate surface area is 196 Å². The summed E-state index contributed by atoms with van der Waals surface area (Å²) in [5.74, 6) is -0.683. The summed E-state index contributed by atoms with van der Waals surface area (Å²) in [6.45, 7) is 4.64. The number of nitrogens with zero attached hydrogens (tertiary/aromatic N) is 3. The second-order valence-electron chi connectivity index (χ2n) is 8.51. The van der Waals surface area contributed by atoms with Gasteiger partial charge in [-0.1, -0.05) is 31.2 Å². The van der Waals surface area contributed by atoms with Crippen LogP contribution >= 0.6 is 0 Å². The van der Waals surface area contributed by atoms with E-state index in [0.717, 1.165) is 58.5 Å². The molecule has 1 aliphatic heterocycles. The zero-order valence-corrected chi connectivity index (χ0v) is 19.0. The maximum atomic E-state index is 14.1. The van der Waals surface area contributed by atoms with E-state index in [1.54, 1.807) is 6.92 Å². The lowest BCUT2D eigenvalue weighted by Gasteiger charge is -2.14. The van der Waals surface area contributed by atoms with Crippen molar-refractivity contribution in [2.24, 2.45) is 0 Å². The van der Waals surface area contributed by atoms with E-state index in [9.17, 15) is 14.0 Å². The summed E-state index contributed by atoms with van der Waals surface area (Å²) in [5, 5.41) is 9.63. The van der Waals surface area contributed by atoms with Crippen LogP contribution in [0.2, 0.25) is 0 Å². The lowest BCUT2D eigenvalue weighted by molar-refractivity contribution is 0.304. The van der Waals surface area contributed by atoms with E-state index >= 15 is 0 Å². The quantitative estimate of drug-likeness (QED) is 0.328. The maximum absolute atomic E-state index is 14.1. The minimum absolute atomic E-state index is 0.190. The molecule has 4 aromatic rings. The predicted octanol–water partition coefficient (Wildman–Crippen LogP) is 6.55. The Morgan fingerprint density at radius 1 is 1.09 bits per heavy atom. The predicted molar refractivity (Wildman–Crippen MR) is 127 cm³/mol. The fourth-order valence-electron chi connectivity index (χ4n) is 4.61. The topological polar surface area (TPSA) is 50.8 Å². The van der Waals surface area contributed by atoms with Crippen LogP contribution in [0, 0.1) is 23.0 Å². The molecule has 0 radical (unpaired) electrons. The summed E-state index contributed by atoms with van der Waals surface area (Å²) in [7, 11) is 0.